The maximum absolute atomic E-state index is 11.0. The molecule has 2 rings (SSSR count). The summed E-state index contributed by atoms with van der Waals surface area (Å²) in [5, 5.41) is 3.17. The van der Waals surface area contributed by atoms with Crippen LogP contribution in [0.15, 0.2) is 5.38 Å². The van der Waals surface area contributed by atoms with Crippen LogP contribution in [0, 0.1) is 0 Å². The smallest absolute Gasteiger partial charge is 0.135 e. The van der Waals surface area contributed by atoms with E-state index in [-0.39, 0.29) is 5.78 Å². The summed E-state index contributed by atoms with van der Waals surface area (Å²) in [6.45, 7) is 7.33. The van der Waals surface area contributed by atoms with Gasteiger partial charge in [-0.1, -0.05) is 0 Å². The van der Waals surface area contributed by atoms with Crippen molar-refractivity contribution in [1.82, 2.24) is 14.8 Å². The van der Waals surface area contributed by atoms with Crippen LogP contribution in [0.2, 0.25) is 0 Å². The van der Waals surface area contributed by atoms with Crippen LogP contribution in [0.5, 0.6) is 0 Å². The fourth-order valence-electron chi connectivity index (χ4n) is 2.13. The average Bonchev–Trinajstić information content (AvgIpc) is 2.75. The van der Waals surface area contributed by atoms with Crippen molar-refractivity contribution in [3.63, 3.8) is 0 Å². The van der Waals surface area contributed by atoms with Crippen LogP contribution in [-0.4, -0.2) is 60.3 Å². The second-order valence-corrected chi connectivity index (χ2v) is 5.95. The van der Waals surface area contributed by atoms with Crippen molar-refractivity contribution >= 4 is 17.1 Å². The largest absolute Gasteiger partial charge is 0.304 e. The van der Waals surface area contributed by atoms with E-state index < -0.39 is 0 Å². The third-order valence-corrected chi connectivity index (χ3v) is 4.22. The number of carbonyl (C=O) groups is 1. The highest BCUT2D eigenvalue weighted by atomic mass is 32.1. The van der Waals surface area contributed by atoms with Crippen LogP contribution < -0.4 is 0 Å². The molecule has 1 aliphatic heterocycles. The molecule has 0 bridgehead atoms. The van der Waals surface area contributed by atoms with Gasteiger partial charge in [-0.15, -0.1) is 11.3 Å². The molecule has 0 N–H and O–H groups in total. The Kier molecular flexibility index (Phi) is 4.86. The number of thiazole rings is 1. The summed E-state index contributed by atoms with van der Waals surface area (Å²) in [5.74, 6) is 0.186. The third kappa shape index (κ3) is 4.15. The van der Waals surface area contributed by atoms with Crippen LogP contribution >= 0.6 is 11.3 Å². The van der Waals surface area contributed by atoms with Crippen molar-refractivity contribution < 1.29 is 4.79 Å². The van der Waals surface area contributed by atoms with E-state index in [4.69, 9.17) is 0 Å². The van der Waals surface area contributed by atoms with Gasteiger partial charge >= 0.3 is 0 Å². The van der Waals surface area contributed by atoms with Gasteiger partial charge in [0.2, 0.25) is 0 Å². The first-order valence-corrected chi connectivity index (χ1v) is 7.35. The fourth-order valence-corrected chi connectivity index (χ4v) is 2.91. The Balaban J connectivity index is 1.76. The lowest BCUT2D eigenvalue weighted by Crippen LogP contribution is -2.45. The number of hydrogen-bond donors (Lipinski definition) is 0. The lowest BCUT2D eigenvalue weighted by atomic mass is 10.2. The van der Waals surface area contributed by atoms with Crippen molar-refractivity contribution in [3.8, 4) is 0 Å². The number of nitrogens with zero attached hydrogens (tertiary/aromatic N) is 3. The van der Waals surface area contributed by atoms with Gasteiger partial charge in [0.15, 0.2) is 0 Å². The van der Waals surface area contributed by atoms with Crippen molar-refractivity contribution in [1.29, 1.82) is 0 Å². The van der Waals surface area contributed by atoms with Crippen molar-refractivity contribution in [2.45, 2.75) is 19.8 Å². The van der Waals surface area contributed by atoms with Crippen LogP contribution in [0.3, 0.4) is 0 Å². The Morgan fingerprint density at radius 1 is 1.39 bits per heavy atom. The topological polar surface area (TPSA) is 36.4 Å². The molecule has 0 radical (unpaired) electrons. The second-order valence-electron chi connectivity index (χ2n) is 5.01. The van der Waals surface area contributed by atoms with E-state index in [1.807, 2.05) is 5.38 Å². The summed E-state index contributed by atoms with van der Waals surface area (Å²) in [6, 6.07) is 0. The average molecular weight is 267 g/mol. The van der Waals surface area contributed by atoms with E-state index in [1.54, 1.807) is 18.3 Å². The molecule has 5 heteroatoms. The number of Topliss-reactive ketones (excluding diaryl/α,β-unsaturated/α-hetero) is 1. The van der Waals surface area contributed by atoms with Gasteiger partial charge in [-0.3, -0.25) is 4.79 Å². The lowest BCUT2D eigenvalue weighted by molar-refractivity contribution is -0.116. The van der Waals surface area contributed by atoms with Gasteiger partial charge in [0.25, 0.3) is 0 Å². The van der Waals surface area contributed by atoms with Gasteiger partial charge < -0.3 is 9.80 Å². The third-order valence-electron chi connectivity index (χ3n) is 3.27. The first-order valence-electron chi connectivity index (χ1n) is 6.47. The highest BCUT2D eigenvalue weighted by molar-refractivity contribution is 7.09. The molecule has 0 unspecified atom stereocenters. The number of likely N-dealkylation sites (N-methyl/N-ethyl adjacent to an activating group) is 1. The number of rotatable bonds is 5. The predicted octanol–water partition coefficient (Wildman–Crippen LogP) is 1.06. The summed E-state index contributed by atoms with van der Waals surface area (Å²) >= 11 is 1.68. The number of ketones is 1. The van der Waals surface area contributed by atoms with Gasteiger partial charge in [0.05, 0.1) is 10.7 Å². The van der Waals surface area contributed by atoms with Gasteiger partial charge in [-0.05, 0) is 14.0 Å². The molecule has 1 saturated heterocycles. The number of piperazine rings is 1. The molecule has 1 aliphatic rings. The Labute approximate surface area is 113 Å². The molecule has 1 aromatic heterocycles. The van der Waals surface area contributed by atoms with E-state index in [1.165, 1.54) is 0 Å². The summed E-state index contributed by atoms with van der Waals surface area (Å²) in [4.78, 5) is 20.4. The highest BCUT2D eigenvalue weighted by Gasteiger charge is 2.14. The molecule has 4 nitrogen and oxygen atoms in total. The van der Waals surface area contributed by atoms with Crippen molar-refractivity contribution in [2.24, 2.45) is 0 Å². The first kappa shape index (κ1) is 13.6. The van der Waals surface area contributed by atoms with Crippen LogP contribution in [0.25, 0.3) is 0 Å². The monoisotopic (exact) mass is 267 g/mol. The molecule has 0 aliphatic carbocycles. The predicted molar refractivity (Wildman–Crippen MR) is 74.1 cm³/mol. The molecular formula is C13H21N3OS. The quantitative estimate of drug-likeness (QED) is 0.799. The highest BCUT2D eigenvalue weighted by Crippen LogP contribution is 2.12. The molecule has 2 heterocycles. The number of carbonyl (C=O) groups excluding carboxylic acids is 1. The summed E-state index contributed by atoms with van der Waals surface area (Å²) in [6.07, 6.45) is 1.48. The molecule has 1 aromatic rings. The molecule has 18 heavy (non-hydrogen) atoms. The Bertz CT molecular complexity index is 397. The van der Waals surface area contributed by atoms with E-state index in [0.29, 0.717) is 6.42 Å². The van der Waals surface area contributed by atoms with E-state index in [0.717, 1.165) is 49.8 Å². The van der Waals surface area contributed by atoms with Crippen molar-refractivity contribution in [2.75, 3.05) is 39.8 Å². The van der Waals surface area contributed by atoms with Crippen molar-refractivity contribution in [3.05, 3.63) is 16.1 Å². The lowest BCUT2D eigenvalue weighted by Gasteiger charge is -2.32. The second kappa shape index (κ2) is 6.41. The molecule has 0 aromatic carbocycles. The molecule has 0 amide bonds. The van der Waals surface area contributed by atoms with Crippen LogP contribution in [0.1, 0.15) is 17.6 Å². The summed E-state index contributed by atoms with van der Waals surface area (Å²) in [7, 11) is 2.17. The minimum Gasteiger partial charge on any atom is -0.304 e. The molecule has 100 valence electrons. The maximum Gasteiger partial charge on any atom is 0.135 e. The van der Waals surface area contributed by atoms with Gasteiger partial charge in [-0.25, -0.2) is 4.98 Å². The zero-order valence-electron chi connectivity index (χ0n) is 11.2. The fraction of sp³-hybridized carbons (Fsp3) is 0.692. The number of aromatic nitrogens is 1. The Morgan fingerprint density at radius 3 is 2.78 bits per heavy atom. The molecule has 0 saturated carbocycles. The molecular weight excluding hydrogens is 246 g/mol. The standard InChI is InChI=1S/C13H21N3OS/c1-11(17)9-12-10-18-13(14-12)3-4-16-7-5-15(2)6-8-16/h10H,3-9H2,1-2H3. The normalized spacial score (nSPS) is 18.1. The van der Waals surface area contributed by atoms with Crippen LogP contribution in [0.4, 0.5) is 0 Å². The molecule has 0 atom stereocenters. The van der Waals surface area contributed by atoms with Gasteiger partial charge in [0.1, 0.15) is 5.78 Å². The van der Waals surface area contributed by atoms with Gasteiger partial charge in [-0.2, -0.15) is 0 Å². The zero-order valence-corrected chi connectivity index (χ0v) is 12.0. The molecule has 0 spiro atoms. The first-order chi connectivity index (χ1) is 8.63. The van der Waals surface area contributed by atoms with Crippen LogP contribution in [-0.2, 0) is 17.6 Å². The maximum atomic E-state index is 11.0. The van der Waals surface area contributed by atoms with E-state index in [2.05, 4.69) is 21.8 Å². The Morgan fingerprint density at radius 2 is 2.11 bits per heavy atom. The summed E-state index contributed by atoms with van der Waals surface area (Å²) < 4.78 is 0. The van der Waals surface area contributed by atoms with Gasteiger partial charge in [0, 0.05) is 50.9 Å². The SMILES string of the molecule is CC(=O)Cc1csc(CCN2CCN(C)CC2)n1. The minimum absolute atomic E-state index is 0.186. The van der Waals surface area contributed by atoms with E-state index >= 15 is 0 Å². The zero-order chi connectivity index (χ0) is 13.0. The minimum atomic E-state index is 0.186. The summed E-state index contributed by atoms with van der Waals surface area (Å²) in [5.41, 5.74) is 0.931. The molecule has 1 fully saturated rings. The number of hydrogen-bond acceptors (Lipinski definition) is 5. The Hall–Kier alpha value is -0.780. The van der Waals surface area contributed by atoms with E-state index in [9.17, 15) is 4.79 Å².